The first-order valence-electron chi connectivity index (χ1n) is 7.61. The molecule has 0 radical (unpaired) electrons. The normalized spacial score (nSPS) is 11.0. The van der Waals surface area contributed by atoms with Gasteiger partial charge in [-0.1, -0.05) is 44.8 Å². The fourth-order valence-electron chi connectivity index (χ4n) is 1.87. The molecule has 0 saturated carbocycles. The Labute approximate surface area is 113 Å². The zero-order chi connectivity index (χ0) is 13.5. The van der Waals surface area contributed by atoms with E-state index < -0.39 is 0 Å². The van der Waals surface area contributed by atoms with Gasteiger partial charge in [0.2, 0.25) is 0 Å². The van der Waals surface area contributed by atoms with Crippen LogP contribution in [-0.4, -0.2) is 12.6 Å². The minimum atomic E-state index is -0.0519. The Bertz CT molecular complexity index is 209. The van der Waals surface area contributed by atoms with Crippen LogP contribution in [0.5, 0.6) is 0 Å². The smallest absolute Gasteiger partial charge is 0.305 e. The van der Waals surface area contributed by atoms with E-state index in [1.807, 2.05) is 6.92 Å². The molecular formula is C16H30O2. The molecule has 0 atom stereocenters. The van der Waals surface area contributed by atoms with E-state index in [1.54, 1.807) is 0 Å². The van der Waals surface area contributed by atoms with Gasteiger partial charge < -0.3 is 4.74 Å². The largest absolute Gasteiger partial charge is 0.466 e. The zero-order valence-corrected chi connectivity index (χ0v) is 12.2. The lowest BCUT2D eigenvalue weighted by atomic mass is 10.1. The lowest BCUT2D eigenvalue weighted by molar-refractivity contribution is -0.143. The molecule has 0 rings (SSSR count). The molecule has 0 saturated heterocycles. The molecule has 0 aliphatic heterocycles. The van der Waals surface area contributed by atoms with E-state index >= 15 is 0 Å². The summed E-state index contributed by atoms with van der Waals surface area (Å²) in [6.45, 7) is 4.59. The topological polar surface area (TPSA) is 26.3 Å². The molecule has 0 spiro atoms. The van der Waals surface area contributed by atoms with Gasteiger partial charge in [-0.3, -0.25) is 4.79 Å². The van der Waals surface area contributed by atoms with Gasteiger partial charge in [-0.15, -0.1) is 0 Å². The van der Waals surface area contributed by atoms with Gasteiger partial charge in [0.05, 0.1) is 6.61 Å². The van der Waals surface area contributed by atoms with E-state index in [4.69, 9.17) is 4.74 Å². The third-order valence-corrected chi connectivity index (χ3v) is 2.95. The van der Waals surface area contributed by atoms with Crippen molar-refractivity contribution >= 4 is 5.97 Å². The molecule has 0 aromatic heterocycles. The van der Waals surface area contributed by atoms with Gasteiger partial charge in [0.1, 0.15) is 0 Å². The first-order valence-corrected chi connectivity index (χ1v) is 7.61. The molecule has 106 valence electrons. The maximum Gasteiger partial charge on any atom is 0.305 e. The molecule has 0 unspecified atom stereocenters. The molecule has 0 aliphatic carbocycles. The van der Waals surface area contributed by atoms with E-state index in [0.717, 1.165) is 19.3 Å². The Morgan fingerprint density at radius 3 is 2.06 bits per heavy atom. The molecule has 0 aromatic carbocycles. The zero-order valence-electron chi connectivity index (χ0n) is 12.2. The summed E-state index contributed by atoms with van der Waals surface area (Å²) in [4.78, 5) is 11.1. The standard InChI is InChI=1S/C16H30O2/c1-3-5-6-7-8-9-10-11-12-13-14-15-16(17)18-4-2/h9-10H,3-8,11-15H2,1-2H3/b10-9+. The number of allylic oxidation sites excluding steroid dienone is 2. The molecule has 0 bridgehead atoms. The van der Waals surface area contributed by atoms with E-state index in [9.17, 15) is 4.79 Å². The monoisotopic (exact) mass is 254 g/mol. The first-order chi connectivity index (χ1) is 8.81. The van der Waals surface area contributed by atoms with Crippen molar-refractivity contribution in [2.75, 3.05) is 6.61 Å². The number of unbranched alkanes of at least 4 members (excludes halogenated alkanes) is 7. The van der Waals surface area contributed by atoms with Gasteiger partial charge in [-0.2, -0.15) is 0 Å². The summed E-state index contributed by atoms with van der Waals surface area (Å²) >= 11 is 0. The second-order valence-electron chi connectivity index (χ2n) is 4.73. The van der Waals surface area contributed by atoms with Crippen LogP contribution in [0.1, 0.15) is 78.1 Å². The highest BCUT2D eigenvalue weighted by Crippen LogP contribution is 2.07. The number of hydrogen-bond acceptors (Lipinski definition) is 2. The number of carbonyl (C=O) groups excluding carboxylic acids is 1. The van der Waals surface area contributed by atoms with Crippen LogP contribution in [0.15, 0.2) is 12.2 Å². The van der Waals surface area contributed by atoms with E-state index in [0.29, 0.717) is 13.0 Å². The molecule has 0 aromatic rings. The van der Waals surface area contributed by atoms with Crippen LogP contribution in [0.25, 0.3) is 0 Å². The highest BCUT2D eigenvalue weighted by molar-refractivity contribution is 5.69. The van der Waals surface area contributed by atoms with Crippen molar-refractivity contribution in [3.63, 3.8) is 0 Å². The van der Waals surface area contributed by atoms with Gasteiger partial charge in [0, 0.05) is 6.42 Å². The highest BCUT2D eigenvalue weighted by atomic mass is 16.5. The molecule has 18 heavy (non-hydrogen) atoms. The molecule has 2 nitrogen and oxygen atoms in total. The van der Waals surface area contributed by atoms with Crippen molar-refractivity contribution in [1.29, 1.82) is 0 Å². The summed E-state index contributed by atoms with van der Waals surface area (Å²) in [5.41, 5.74) is 0. The second kappa shape index (κ2) is 14.3. The average molecular weight is 254 g/mol. The quantitative estimate of drug-likeness (QED) is 0.277. The van der Waals surface area contributed by atoms with E-state index in [2.05, 4.69) is 19.1 Å². The van der Waals surface area contributed by atoms with Crippen molar-refractivity contribution in [2.45, 2.75) is 78.1 Å². The highest BCUT2D eigenvalue weighted by Gasteiger charge is 1.99. The molecular weight excluding hydrogens is 224 g/mol. The third-order valence-electron chi connectivity index (χ3n) is 2.95. The van der Waals surface area contributed by atoms with E-state index in [1.165, 1.54) is 38.5 Å². The van der Waals surface area contributed by atoms with Crippen molar-refractivity contribution in [3.05, 3.63) is 12.2 Å². The van der Waals surface area contributed by atoms with Crippen LogP contribution in [0, 0.1) is 0 Å². The number of carbonyl (C=O) groups is 1. The number of rotatable bonds is 12. The molecule has 2 heteroatoms. The molecule has 0 amide bonds. The minimum absolute atomic E-state index is 0.0519. The van der Waals surface area contributed by atoms with Gasteiger partial charge in [0.15, 0.2) is 0 Å². The lowest BCUT2D eigenvalue weighted by Gasteiger charge is -2.00. The summed E-state index contributed by atoms with van der Waals surface area (Å²) in [6, 6.07) is 0. The second-order valence-corrected chi connectivity index (χ2v) is 4.73. The molecule has 0 aliphatic rings. The van der Waals surface area contributed by atoms with Crippen LogP contribution in [0.3, 0.4) is 0 Å². The van der Waals surface area contributed by atoms with Gasteiger partial charge >= 0.3 is 5.97 Å². The summed E-state index contributed by atoms with van der Waals surface area (Å²) < 4.78 is 4.88. The number of ether oxygens (including phenoxy) is 1. The van der Waals surface area contributed by atoms with E-state index in [-0.39, 0.29) is 5.97 Å². The summed E-state index contributed by atoms with van der Waals surface area (Å²) in [7, 11) is 0. The fraction of sp³-hybridized carbons (Fsp3) is 0.812. The Hall–Kier alpha value is -0.790. The summed E-state index contributed by atoms with van der Waals surface area (Å²) in [5.74, 6) is -0.0519. The predicted molar refractivity (Wildman–Crippen MR) is 77.6 cm³/mol. The Kier molecular flexibility index (Phi) is 13.6. The molecule has 0 heterocycles. The minimum Gasteiger partial charge on any atom is -0.466 e. The Morgan fingerprint density at radius 2 is 1.50 bits per heavy atom. The predicted octanol–water partition coefficient (Wildman–Crippen LogP) is 5.03. The van der Waals surface area contributed by atoms with Gasteiger partial charge in [-0.05, 0) is 39.0 Å². The fourth-order valence-corrected chi connectivity index (χ4v) is 1.87. The van der Waals surface area contributed by atoms with Crippen LogP contribution >= 0.6 is 0 Å². The molecule has 0 N–H and O–H groups in total. The van der Waals surface area contributed by atoms with Crippen LogP contribution in [-0.2, 0) is 9.53 Å². The van der Waals surface area contributed by atoms with Crippen molar-refractivity contribution < 1.29 is 9.53 Å². The summed E-state index contributed by atoms with van der Waals surface area (Å²) in [6.07, 6.45) is 16.2. The van der Waals surface area contributed by atoms with Crippen molar-refractivity contribution in [2.24, 2.45) is 0 Å². The number of hydrogen-bond donors (Lipinski definition) is 0. The van der Waals surface area contributed by atoms with Crippen molar-refractivity contribution in [1.82, 2.24) is 0 Å². The average Bonchev–Trinajstić information content (AvgIpc) is 2.36. The van der Waals surface area contributed by atoms with Crippen molar-refractivity contribution in [3.8, 4) is 0 Å². The lowest BCUT2D eigenvalue weighted by Crippen LogP contribution is -2.02. The first kappa shape index (κ1) is 17.2. The summed E-state index contributed by atoms with van der Waals surface area (Å²) in [5, 5.41) is 0. The van der Waals surface area contributed by atoms with Crippen LogP contribution in [0.2, 0.25) is 0 Å². The maximum atomic E-state index is 11.1. The molecule has 0 fully saturated rings. The van der Waals surface area contributed by atoms with Gasteiger partial charge in [0.25, 0.3) is 0 Å². The SMILES string of the molecule is CCCCCC/C=C/CCCCCC(=O)OCC. The van der Waals surface area contributed by atoms with Crippen LogP contribution in [0.4, 0.5) is 0 Å². The third kappa shape index (κ3) is 13.3. The van der Waals surface area contributed by atoms with Gasteiger partial charge in [-0.25, -0.2) is 0 Å². The Balaban J connectivity index is 3.15. The Morgan fingerprint density at radius 1 is 0.889 bits per heavy atom. The number of esters is 1. The van der Waals surface area contributed by atoms with Crippen LogP contribution < -0.4 is 0 Å². The maximum absolute atomic E-state index is 11.1.